The van der Waals surface area contributed by atoms with Crippen LogP contribution < -0.4 is 5.73 Å². The van der Waals surface area contributed by atoms with Crippen molar-refractivity contribution in [2.75, 3.05) is 6.54 Å². The van der Waals surface area contributed by atoms with Gasteiger partial charge in [-0.25, -0.2) is 0 Å². The van der Waals surface area contributed by atoms with E-state index < -0.39 is 5.91 Å². The first-order valence-corrected chi connectivity index (χ1v) is 8.44. The summed E-state index contributed by atoms with van der Waals surface area (Å²) in [4.78, 5) is 26.1. The van der Waals surface area contributed by atoms with Crippen molar-refractivity contribution in [2.24, 2.45) is 18.7 Å². The molecule has 6 heteroatoms. The van der Waals surface area contributed by atoms with E-state index in [1.807, 2.05) is 4.90 Å². The summed E-state index contributed by atoms with van der Waals surface area (Å²) in [6.07, 6.45) is 7.20. The minimum absolute atomic E-state index is 0.0692. The highest BCUT2D eigenvalue weighted by Gasteiger charge is 2.39. The van der Waals surface area contributed by atoms with Gasteiger partial charge in [0.2, 0.25) is 5.91 Å². The molecule has 1 aliphatic heterocycles. The summed E-state index contributed by atoms with van der Waals surface area (Å²) in [5, 5.41) is 10.3. The number of rotatable bonds is 3. The van der Waals surface area contributed by atoms with Crippen LogP contribution in [-0.2, 0) is 7.05 Å². The van der Waals surface area contributed by atoms with Crippen molar-refractivity contribution in [3.63, 3.8) is 0 Å². The van der Waals surface area contributed by atoms with Crippen LogP contribution in [0.4, 0.5) is 0 Å². The molecular weight excluding hydrogens is 294 g/mol. The molecule has 1 aliphatic carbocycles. The largest absolute Gasteiger partial charge is 0.393 e. The molecule has 1 aromatic heterocycles. The van der Waals surface area contributed by atoms with E-state index in [4.69, 9.17) is 5.73 Å². The van der Waals surface area contributed by atoms with Crippen molar-refractivity contribution in [1.82, 2.24) is 9.47 Å². The molecule has 3 N–H and O–H groups in total. The minimum atomic E-state index is -0.527. The lowest BCUT2D eigenvalue weighted by molar-refractivity contribution is 0.0208. The van der Waals surface area contributed by atoms with Crippen molar-refractivity contribution in [3.05, 3.63) is 23.5 Å². The highest BCUT2D eigenvalue weighted by Crippen LogP contribution is 2.35. The fourth-order valence-corrected chi connectivity index (χ4v) is 4.14. The van der Waals surface area contributed by atoms with Gasteiger partial charge in [0, 0.05) is 31.7 Å². The number of nitrogens with zero attached hydrogens (tertiary/aromatic N) is 2. The van der Waals surface area contributed by atoms with Crippen LogP contribution in [0.3, 0.4) is 0 Å². The van der Waals surface area contributed by atoms with E-state index in [2.05, 4.69) is 0 Å². The Morgan fingerprint density at radius 2 is 1.96 bits per heavy atom. The molecule has 3 atom stereocenters. The Bertz CT molecular complexity index is 610. The Morgan fingerprint density at radius 3 is 2.61 bits per heavy atom. The highest BCUT2D eigenvalue weighted by molar-refractivity contribution is 5.99. The standard InChI is InChI=1S/C17H25N3O3/c1-19-10-11(16(18)22)9-14(19)17(23)20-8-4-6-13(20)12-5-2-3-7-15(12)21/h9-10,12-13,15,21H,2-8H2,1H3,(H2,18,22). The normalized spacial score (nSPS) is 28.1. The van der Waals surface area contributed by atoms with E-state index in [9.17, 15) is 14.7 Å². The van der Waals surface area contributed by atoms with Gasteiger partial charge in [0.25, 0.3) is 5.91 Å². The van der Waals surface area contributed by atoms with Crippen molar-refractivity contribution in [1.29, 1.82) is 0 Å². The maximum absolute atomic E-state index is 12.9. The van der Waals surface area contributed by atoms with Crippen LogP contribution in [0, 0.1) is 5.92 Å². The van der Waals surface area contributed by atoms with Crippen molar-refractivity contribution in [2.45, 2.75) is 50.7 Å². The summed E-state index contributed by atoms with van der Waals surface area (Å²) in [5.74, 6) is -0.424. The number of amides is 2. The molecule has 2 fully saturated rings. The lowest BCUT2D eigenvalue weighted by Gasteiger charge is -2.37. The van der Waals surface area contributed by atoms with E-state index in [0.717, 1.165) is 38.5 Å². The summed E-state index contributed by atoms with van der Waals surface area (Å²) in [5.41, 5.74) is 6.14. The number of likely N-dealkylation sites (tertiary alicyclic amines) is 1. The van der Waals surface area contributed by atoms with Gasteiger partial charge in [0.1, 0.15) is 5.69 Å². The molecule has 0 radical (unpaired) electrons. The van der Waals surface area contributed by atoms with E-state index in [-0.39, 0.29) is 24.0 Å². The number of hydrogen-bond donors (Lipinski definition) is 2. The second-order valence-corrected chi connectivity index (χ2v) is 6.81. The van der Waals surface area contributed by atoms with Gasteiger partial charge in [-0.3, -0.25) is 9.59 Å². The fraction of sp³-hybridized carbons (Fsp3) is 0.647. The molecule has 6 nitrogen and oxygen atoms in total. The maximum Gasteiger partial charge on any atom is 0.270 e. The number of aromatic nitrogens is 1. The molecular formula is C17H25N3O3. The van der Waals surface area contributed by atoms with Gasteiger partial charge in [-0.2, -0.15) is 0 Å². The molecule has 1 aromatic rings. The molecule has 2 aliphatic rings. The molecule has 0 aromatic carbocycles. The first-order chi connectivity index (χ1) is 11.0. The van der Waals surface area contributed by atoms with Gasteiger partial charge in [-0.1, -0.05) is 12.8 Å². The van der Waals surface area contributed by atoms with Crippen LogP contribution in [0.15, 0.2) is 12.3 Å². The zero-order valence-electron chi connectivity index (χ0n) is 13.6. The van der Waals surface area contributed by atoms with E-state index in [1.165, 1.54) is 0 Å². The Labute approximate surface area is 136 Å². The van der Waals surface area contributed by atoms with Gasteiger partial charge in [-0.05, 0) is 31.7 Å². The molecule has 1 saturated heterocycles. The topological polar surface area (TPSA) is 88.6 Å². The Hall–Kier alpha value is -1.82. The highest BCUT2D eigenvalue weighted by atomic mass is 16.3. The fourth-order valence-electron chi connectivity index (χ4n) is 4.14. The molecule has 2 amide bonds. The minimum Gasteiger partial charge on any atom is -0.393 e. The van der Waals surface area contributed by atoms with Crippen LogP contribution >= 0.6 is 0 Å². The molecule has 2 heterocycles. The molecule has 23 heavy (non-hydrogen) atoms. The molecule has 3 unspecified atom stereocenters. The zero-order valence-corrected chi connectivity index (χ0v) is 13.6. The van der Waals surface area contributed by atoms with Crippen LogP contribution in [0.2, 0.25) is 0 Å². The van der Waals surface area contributed by atoms with Gasteiger partial charge in [0.05, 0.1) is 11.7 Å². The van der Waals surface area contributed by atoms with Crippen molar-refractivity contribution >= 4 is 11.8 Å². The third-order valence-electron chi connectivity index (χ3n) is 5.34. The second kappa shape index (κ2) is 6.35. The Morgan fingerprint density at radius 1 is 1.22 bits per heavy atom. The summed E-state index contributed by atoms with van der Waals surface area (Å²) in [6, 6.07) is 1.67. The van der Waals surface area contributed by atoms with E-state index in [0.29, 0.717) is 17.8 Å². The number of hydrogen-bond acceptors (Lipinski definition) is 3. The average molecular weight is 319 g/mol. The number of nitrogens with two attached hydrogens (primary N) is 1. The number of carbonyl (C=O) groups excluding carboxylic acids is 2. The van der Waals surface area contributed by atoms with Crippen molar-refractivity contribution < 1.29 is 14.7 Å². The Kier molecular flexibility index (Phi) is 4.43. The van der Waals surface area contributed by atoms with Crippen LogP contribution in [0.5, 0.6) is 0 Å². The molecule has 0 bridgehead atoms. The van der Waals surface area contributed by atoms with Crippen LogP contribution in [0.1, 0.15) is 59.4 Å². The Balaban J connectivity index is 1.82. The van der Waals surface area contributed by atoms with Gasteiger partial charge >= 0.3 is 0 Å². The van der Waals surface area contributed by atoms with Gasteiger partial charge in [-0.15, -0.1) is 0 Å². The first-order valence-electron chi connectivity index (χ1n) is 8.44. The third-order valence-corrected chi connectivity index (χ3v) is 5.34. The second-order valence-electron chi connectivity index (χ2n) is 6.81. The average Bonchev–Trinajstić information content (AvgIpc) is 3.14. The maximum atomic E-state index is 12.9. The number of primary amides is 1. The lowest BCUT2D eigenvalue weighted by Crippen LogP contribution is -2.45. The van der Waals surface area contributed by atoms with Gasteiger partial charge < -0.3 is 20.3 Å². The van der Waals surface area contributed by atoms with Crippen LogP contribution in [0.25, 0.3) is 0 Å². The summed E-state index contributed by atoms with van der Waals surface area (Å²) < 4.78 is 1.66. The SMILES string of the molecule is Cn1cc(C(N)=O)cc1C(=O)N1CCCC1C1CCCCC1O. The van der Waals surface area contributed by atoms with Crippen LogP contribution in [-0.4, -0.2) is 45.1 Å². The molecule has 0 spiro atoms. The number of aryl methyl sites for hydroxylation is 1. The van der Waals surface area contributed by atoms with Gasteiger partial charge in [0.15, 0.2) is 0 Å². The molecule has 126 valence electrons. The molecule has 1 saturated carbocycles. The van der Waals surface area contributed by atoms with E-state index >= 15 is 0 Å². The van der Waals surface area contributed by atoms with E-state index in [1.54, 1.807) is 23.9 Å². The monoisotopic (exact) mass is 319 g/mol. The lowest BCUT2D eigenvalue weighted by atomic mass is 9.80. The summed E-state index contributed by atoms with van der Waals surface area (Å²) in [6.45, 7) is 0.712. The molecule has 3 rings (SSSR count). The number of carbonyl (C=O) groups is 2. The smallest absolute Gasteiger partial charge is 0.270 e. The summed E-state index contributed by atoms with van der Waals surface area (Å²) >= 11 is 0. The quantitative estimate of drug-likeness (QED) is 0.879. The first kappa shape index (κ1) is 16.1. The zero-order chi connectivity index (χ0) is 16.6. The predicted molar refractivity (Wildman–Crippen MR) is 86.0 cm³/mol. The van der Waals surface area contributed by atoms with Crippen molar-refractivity contribution in [3.8, 4) is 0 Å². The summed E-state index contributed by atoms with van der Waals surface area (Å²) in [7, 11) is 1.75. The number of aliphatic hydroxyl groups is 1. The number of aliphatic hydroxyl groups excluding tert-OH is 1. The third kappa shape index (κ3) is 3.00. The predicted octanol–water partition coefficient (Wildman–Crippen LogP) is 1.28.